The largest absolute Gasteiger partial charge is 0.458 e. The molecular formula is C28H35NO6. The zero-order valence-corrected chi connectivity index (χ0v) is 21.4. The van der Waals surface area contributed by atoms with E-state index >= 15 is 0 Å². The van der Waals surface area contributed by atoms with Crippen LogP contribution in [0.2, 0.25) is 0 Å². The molecule has 1 saturated heterocycles. The lowest BCUT2D eigenvalue weighted by atomic mass is 9.69. The molecule has 0 radical (unpaired) electrons. The molecule has 7 heteroatoms. The van der Waals surface area contributed by atoms with E-state index in [0.29, 0.717) is 0 Å². The Hall–Kier alpha value is -3.35. The summed E-state index contributed by atoms with van der Waals surface area (Å²) in [6.07, 6.45) is -0.401. The number of nitrogens with zero attached hydrogens (tertiary/aromatic N) is 1. The Labute approximate surface area is 207 Å². The molecule has 0 N–H and O–H groups in total. The highest BCUT2D eigenvalue weighted by atomic mass is 16.6. The van der Waals surface area contributed by atoms with Crippen molar-refractivity contribution in [3.63, 3.8) is 0 Å². The molecule has 35 heavy (non-hydrogen) atoms. The van der Waals surface area contributed by atoms with Crippen molar-refractivity contribution in [3.8, 4) is 0 Å². The summed E-state index contributed by atoms with van der Waals surface area (Å²) in [4.78, 5) is 41.9. The quantitative estimate of drug-likeness (QED) is 0.445. The molecule has 1 fully saturated rings. The first kappa shape index (κ1) is 26.3. The van der Waals surface area contributed by atoms with Gasteiger partial charge in [-0.05, 0) is 65.5 Å². The summed E-state index contributed by atoms with van der Waals surface area (Å²) in [7, 11) is 0. The van der Waals surface area contributed by atoms with E-state index in [1.165, 1.54) is 4.90 Å². The Morgan fingerprint density at radius 1 is 0.857 bits per heavy atom. The van der Waals surface area contributed by atoms with Gasteiger partial charge in [0.05, 0.1) is 0 Å². The summed E-state index contributed by atoms with van der Waals surface area (Å²) in [6.45, 7) is 10.1. The van der Waals surface area contributed by atoms with E-state index in [2.05, 4.69) is 0 Å². The van der Waals surface area contributed by atoms with E-state index in [-0.39, 0.29) is 12.8 Å². The van der Waals surface area contributed by atoms with Crippen LogP contribution >= 0.6 is 0 Å². The third-order valence-corrected chi connectivity index (χ3v) is 5.56. The molecule has 1 amide bonds. The van der Waals surface area contributed by atoms with Gasteiger partial charge in [0, 0.05) is 0 Å². The number of cyclic esters (lactones) is 1. The lowest BCUT2D eigenvalue weighted by Gasteiger charge is -2.47. The van der Waals surface area contributed by atoms with Crippen LogP contribution in [-0.4, -0.2) is 46.9 Å². The van der Waals surface area contributed by atoms with Crippen LogP contribution in [0.1, 0.15) is 52.7 Å². The fourth-order valence-corrected chi connectivity index (χ4v) is 4.27. The SMILES string of the molecule is CC(C)(C)OC(=O)[C@H]1N(C(=O)OC(C)(C)C)COC(=O)C1(Cc1ccccc1)Cc1ccccc1. The molecule has 0 aliphatic carbocycles. The molecule has 188 valence electrons. The number of amides is 1. The van der Waals surface area contributed by atoms with Gasteiger partial charge in [0.2, 0.25) is 0 Å². The minimum atomic E-state index is -1.43. The molecule has 1 aliphatic heterocycles. The smallest absolute Gasteiger partial charge is 0.413 e. The molecule has 0 bridgehead atoms. The van der Waals surface area contributed by atoms with E-state index in [1.807, 2.05) is 60.7 Å². The van der Waals surface area contributed by atoms with Crippen LogP contribution in [0.3, 0.4) is 0 Å². The van der Waals surface area contributed by atoms with E-state index < -0.39 is 47.4 Å². The molecule has 2 aromatic carbocycles. The molecule has 1 heterocycles. The number of hydrogen-bond acceptors (Lipinski definition) is 6. The second-order valence-corrected chi connectivity index (χ2v) is 10.9. The normalized spacial score (nSPS) is 17.9. The van der Waals surface area contributed by atoms with Gasteiger partial charge in [-0.1, -0.05) is 60.7 Å². The number of carbonyl (C=O) groups is 3. The average molecular weight is 482 g/mol. The van der Waals surface area contributed by atoms with E-state index in [9.17, 15) is 14.4 Å². The van der Waals surface area contributed by atoms with Gasteiger partial charge >= 0.3 is 18.0 Å². The first-order chi connectivity index (χ1) is 16.3. The minimum Gasteiger partial charge on any atom is -0.458 e. The maximum absolute atomic E-state index is 13.8. The number of carbonyl (C=O) groups excluding carboxylic acids is 3. The first-order valence-electron chi connectivity index (χ1n) is 11.8. The van der Waals surface area contributed by atoms with Crippen molar-refractivity contribution in [2.24, 2.45) is 5.41 Å². The van der Waals surface area contributed by atoms with E-state index in [4.69, 9.17) is 14.2 Å². The summed E-state index contributed by atoms with van der Waals surface area (Å²) in [5.41, 5.74) is -1.40. The number of hydrogen-bond donors (Lipinski definition) is 0. The number of benzene rings is 2. The molecule has 3 rings (SSSR count). The Morgan fingerprint density at radius 2 is 1.31 bits per heavy atom. The number of rotatable bonds is 5. The van der Waals surface area contributed by atoms with Crippen molar-refractivity contribution in [2.75, 3.05) is 6.73 Å². The highest BCUT2D eigenvalue weighted by molar-refractivity contribution is 5.92. The van der Waals surface area contributed by atoms with Crippen molar-refractivity contribution in [3.05, 3.63) is 71.8 Å². The molecule has 0 aromatic heterocycles. The highest BCUT2D eigenvalue weighted by Crippen LogP contribution is 2.41. The van der Waals surface area contributed by atoms with Crippen molar-refractivity contribution in [1.82, 2.24) is 4.90 Å². The van der Waals surface area contributed by atoms with E-state index in [0.717, 1.165) is 11.1 Å². The van der Waals surface area contributed by atoms with Crippen LogP contribution in [0.4, 0.5) is 4.79 Å². The predicted molar refractivity (Wildman–Crippen MR) is 131 cm³/mol. The summed E-state index contributed by atoms with van der Waals surface area (Å²) < 4.78 is 17.0. The third-order valence-electron chi connectivity index (χ3n) is 5.56. The Kier molecular flexibility index (Phi) is 7.58. The fraction of sp³-hybridized carbons (Fsp3) is 0.464. The molecule has 0 saturated carbocycles. The van der Waals surface area contributed by atoms with E-state index in [1.54, 1.807) is 41.5 Å². The van der Waals surface area contributed by atoms with Gasteiger partial charge in [0.25, 0.3) is 0 Å². The van der Waals surface area contributed by atoms with Crippen molar-refractivity contribution in [2.45, 2.75) is 71.6 Å². The predicted octanol–water partition coefficient (Wildman–Crippen LogP) is 4.92. The summed E-state index contributed by atoms with van der Waals surface area (Å²) in [5, 5.41) is 0. The fourth-order valence-electron chi connectivity index (χ4n) is 4.27. The van der Waals surface area contributed by atoms with Crippen molar-refractivity contribution < 1.29 is 28.6 Å². The van der Waals surface area contributed by atoms with Crippen LogP contribution < -0.4 is 0 Å². The van der Waals surface area contributed by atoms with Gasteiger partial charge in [0.15, 0.2) is 12.8 Å². The maximum atomic E-state index is 13.8. The number of esters is 2. The molecule has 0 spiro atoms. The van der Waals surface area contributed by atoms with Crippen molar-refractivity contribution >= 4 is 18.0 Å². The average Bonchev–Trinajstić information content (AvgIpc) is 2.74. The van der Waals surface area contributed by atoms with Crippen molar-refractivity contribution in [1.29, 1.82) is 0 Å². The van der Waals surface area contributed by atoms with Gasteiger partial charge in [0.1, 0.15) is 16.6 Å². The van der Waals surface area contributed by atoms with Gasteiger partial charge in [-0.25, -0.2) is 9.59 Å². The molecule has 2 aromatic rings. The second kappa shape index (κ2) is 10.1. The molecular weight excluding hydrogens is 446 g/mol. The Balaban J connectivity index is 2.18. The topological polar surface area (TPSA) is 82.1 Å². The Morgan fingerprint density at radius 3 is 1.74 bits per heavy atom. The van der Waals surface area contributed by atoms with Crippen LogP contribution in [0.25, 0.3) is 0 Å². The van der Waals surface area contributed by atoms with Gasteiger partial charge in [-0.3, -0.25) is 9.69 Å². The lowest BCUT2D eigenvalue weighted by molar-refractivity contribution is -0.196. The molecule has 7 nitrogen and oxygen atoms in total. The standard InChI is InChI=1S/C28H35NO6/c1-26(2,3)34-23(30)22-28(17-20-13-9-7-10-14-20,18-21-15-11-8-12-16-21)24(31)33-19-29(22)25(32)35-27(4,5)6/h7-16,22H,17-19H2,1-6H3/t22-/m1/s1. The zero-order chi connectivity index (χ0) is 25.9. The van der Waals surface area contributed by atoms with Crippen LogP contribution in [0.15, 0.2) is 60.7 Å². The van der Waals surface area contributed by atoms with Crippen LogP contribution in [0, 0.1) is 5.41 Å². The van der Waals surface area contributed by atoms with Gasteiger partial charge in [-0.15, -0.1) is 0 Å². The summed E-state index contributed by atoms with van der Waals surface area (Å²) >= 11 is 0. The zero-order valence-electron chi connectivity index (χ0n) is 21.4. The first-order valence-corrected chi connectivity index (χ1v) is 11.8. The number of ether oxygens (including phenoxy) is 3. The maximum Gasteiger partial charge on any atom is 0.413 e. The summed E-state index contributed by atoms with van der Waals surface area (Å²) in [5.74, 6) is -1.23. The lowest BCUT2D eigenvalue weighted by Crippen LogP contribution is -2.66. The van der Waals surface area contributed by atoms with Crippen LogP contribution in [0.5, 0.6) is 0 Å². The molecule has 0 unspecified atom stereocenters. The third kappa shape index (κ3) is 6.62. The second-order valence-electron chi connectivity index (χ2n) is 10.9. The molecule has 1 aliphatic rings. The minimum absolute atomic E-state index is 0.171. The van der Waals surface area contributed by atoms with Crippen LogP contribution in [-0.2, 0) is 36.6 Å². The monoisotopic (exact) mass is 481 g/mol. The summed E-state index contributed by atoms with van der Waals surface area (Å²) in [6, 6.07) is 17.5. The Bertz CT molecular complexity index is 995. The molecule has 1 atom stereocenters. The highest BCUT2D eigenvalue weighted by Gasteiger charge is 2.59. The van der Waals surface area contributed by atoms with Gasteiger partial charge in [-0.2, -0.15) is 0 Å². The van der Waals surface area contributed by atoms with Gasteiger partial charge < -0.3 is 14.2 Å².